The fourth-order valence-corrected chi connectivity index (χ4v) is 1.95. The van der Waals surface area contributed by atoms with Crippen LogP contribution >= 0.6 is 0 Å². The molecule has 1 aliphatic heterocycles. The summed E-state index contributed by atoms with van der Waals surface area (Å²) in [7, 11) is 2.09. The molecule has 1 heterocycles. The number of nitrogens with two attached hydrogens (primary N) is 1. The standard InChI is InChI=1S/C9H17N3/c1-7-4-9(11,6-10)5-8(2)12(7)3/h7-8H,4-5,11H2,1-3H3. The molecule has 0 amide bonds. The van der Waals surface area contributed by atoms with E-state index < -0.39 is 5.54 Å². The van der Waals surface area contributed by atoms with Crippen molar-refractivity contribution in [1.29, 1.82) is 5.26 Å². The van der Waals surface area contributed by atoms with Crippen molar-refractivity contribution in [2.45, 2.75) is 44.3 Å². The number of hydrogen-bond donors (Lipinski definition) is 1. The lowest BCUT2D eigenvalue weighted by atomic mass is 9.82. The van der Waals surface area contributed by atoms with Gasteiger partial charge in [0, 0.05) is 12.1 Å². The quantitative estimate of drug-likeness (QED) is 0.578. The van der Waals surface area contributed by atoms with Crippen LogP contribution < -0.4 is 5.73 Å². The summed E-state index contributed by atoms with van der Waals surface area (Å²) < 4.78 is 0. The van der Waals surface area contributed by atoms with Crippen LogP contribution in [0, 0.1) is 11.3 Å². The van der Waals surface area contributed by atoms with E-state index in [-0.39, 0.29) is 0 Å². The Hall–Kier alpha value is -0.590. The second-order valence-corrected chi connectivity index (χ2v) is 4.04. The Bertz CT molecular complexity index is 194. The van der Waals surface area contributed by atoms with Gasteiger partial charge >= 0.3 is 0 Å². The molecule has 0 radical (unpaired) electrons. The van der Waals surface area contributed by atoms with Gasteiger partial charge in [-0.05, 0) is 33.7 Å². The van der Waals surface area contributed by atoms with Gasteiger partial charge in [-0.15, -0.1) is 0 Å². The second-order valence-electron chi connectivity index (χ2n) is 4.04. The summed E-state index contributed by atoms with van der Waals surface area (Å²) in [6, 6.07) is 3.04. The minimum atomic E-state index is -0.592. The maximum absolute atomic E-state index is 8.88. The predicted octanol–water partition coefficient (Wildman–Crippen LogP) is 0.710. The third kappa shape index (κ3) is 1.60. The van der Waals surface area contributed by atoms with Crippen molar-refractivity contribution in [3.8, 4) is 6.07 Å². The van der Waals surface area contributed by atoms with Crippen LogP contribution in [-0.2, 0) is 0 Å². The molecule has 0 bridgehead atoms. The van der Waals surface area contributed by atoms with Crippen LogP contribution in [0.3, 0.4) is 0 Å². The third-order valence-corrected chi connectivity index (χ3v) is 2.93. The van der Waals surface area contributed by atoms with Gasteiger partial charge in [0.15, 0.2) is 0 Å². The van der Waals surface area contributed by atoms with Gasteiger partial charge in [0.05, 0.1) is 6.07 Å². The first kappa shape index (κ1) is 9.50. The molecule has 2 N–H and O–H groups in total. The molecule has 68 valence electrons. The number of hydrogen-bond acceptors (Lipinski definition) is 3. The van der Waals surface area contributed by atoms with Crippen molar-refractivity contribution >= 4 is 0 Å². The molecule has 2 unspecified atom stereocenters. The Labute approximate surface area is 74.1 Å². The summed E-state index contributed by atoms with van der Waals surface area (Å²) in [5.41, 5.74) is 5.32. The Morgan fingerprint density at radius 2 is 1.83 bits per heavy atom. The van der Waals surface area contributed by atoms with Gasteiger partial charge in [0.25, 0.3) is 0 Å². The summed E-state index contributed by atoms with van der Waals surface area (Å²) in [6.07, 6.45) is 1.56. The van der Waals surface area contributed by atoms with Crippen LogP contribution in [-0.4, -0.2) is 29.6 Å². The topological polar surface area (TPSA) is 53.1 Å². The normalized spacial score (nSPS) is 43.9. The fourth-order valence-electron chi connectivity index (χ4n) is 1.95. The zero-order valence-electron chi connectivity index (χ0n) is 8.04. The first-order valence-corrected chi connectivity index (χ1v) is 4.40. The highest BCUT2D eigenvalue weighted by molar-refractivity contribution is 5.10. The van der Waals surface area contributed by atoms with E-state index in [4.69, 9.17) is 11.0 Å². The molecule has 0 aromatic rings. The lowest BCUT2D eigenvalue weighted by molar-refractivity contribution is 0.102. The average Bonchev–Trinajstić information content (AvgIpc) is 2.00. The second kappa shape index (κ2) is 3.04. The number of nitrogens with zero attached hydrogens (tertiary/aromatic N) is 2. The van der Waals surface area contributed by atoms with Gasteiger partial charge in [0.2, 0.25) is 0 Å². The smallest absolute Gasteiger partial charge is 0.107 e. The van der Waals surface area contributed by atoms with Gasteiger partial charge < -0.3 is 10.6 Å². The highest BCUT2D eigenvalue weighted by Crippen LogP contribution is 2.27. The molecule has 1 rings (SSSR count). The number of nitriles is 1. The van der Waals surface area contributed by atoms with E-state index in [2.05, 4.69) is 31.9 Å². The van der Waals surface area contributed by atoms with Gasteiger partial charge in [-0.1, -0.05) is 0 Å². The van der Waals surface area contributed by atoms with Gasteiger partial charge in [-0.3, -0.25) is 0 Å². The van der Waals surface area contributed by atoms with Crippen LogP contribution in [0.5, 0.6) is 0 Å². The van der Waals surface area contributed by atoms with Crippen LogP contribution in [0.1, 0.15) is 26.7 Å². The van der Waals surface area contributed by atoms with Crippen LogP contribution in [0.25, 0.3) is 0 Å². The van der Waals surface area contributed by atoms with E-state index in [1.54, 1.807) is 0 Å². The molecule has 0 aliphatic carbocycles. The van der Waals surface area contributed by atoms with E-state index in [0.29, 0.717) is 12.1 Å². The molecule has 1 aliphatic rings. The third-order valence-electron chi connectivity index (χ3n) is 2.93. The molecule has 2 atom stereocenters. The number of likely N-dealkylation sites (tertiary alicyclic amines) is 1. The molecule has 0 aromatic carbocycles. The van der Waals surface area contributed by atoms with Crippen LogP contribution in [0.2, 0.25) is 0 Å². The molecule has 3 nitrogen and oxygen atoms in total. The molecule has 0 spiro atoms. The van der Waals surface area contributed by atoms with Crippen molar-refractivity contribution in [2.24, 2.45) is 5.73 Å². The maximum atomic E-state index is 8.88. The minimum absolute atomic E-state index is 0.415. The molecule has 3 heteroatoms. The highest BCUT2D eigenvalue weighted by Gasteiger charge is 2.37. The summed E-state index contributed by atoms with van der Waals surface area (Å²) in [5.74, 6) is 0. The predicted molar refractivity (Wildman–Crippen MR) is 48.5 cm³/mol. The van der Waals surface area contributed by atoms with Crippen molar-refractivity contribution in [1.82, 2.24) is 4.90 Å². The van der Waals surface area contributed by atoms with Crippen LogP contribution in [0.4, 0.5) is 0 Å². The van der Waals surface area contributed by atoms with E-state index in [1.807, 2.05) is 0 Å². The van der Waals surface area contributed by atoms with E-state index in [1.165, 1.54) is 0 Å². The van der Waals surface area contributed by atoms with Crippen molar-refractivity contribution in [3.05, 3.63) is 0 Å². The summed E-state index contributed by atoms with van der Waals surface area (Å²) in [4.78, 5) is 2.28. The summed E-state index contributed by atoms with van der Waals surface area (Å²) >= 11 is 0. The first-order valence-electron chi connectivity index (χ1n) is 4.40. The minimum Gasteiger partial charge on any atom is -0.313 e. The molecule has 1 fully saturated rings. The largest absolute Gasteiger partial charge is 0.313 e. The fraction of sp³-hybridized carbons (Fsp3) is 0.889. The Morgan fingerprint density at radius 3 is 2.17 bits per heavy atom. The SMILES string of the molecule is CC1CC(N)(C#N)CC(C)N1C. The summed E-state index contributed by atoms with van der Waals surface area (Å²) in [6.45, 7) is 4.24. The Kier molecular flexibility index (Phi) is 2.41. The molecule has 0 saturated carbocycles. The zero-order valence-corrected chi connectivity index (χ0v) is 8.04. The Balaban J connectivity index is 2.73. The molecular weight excluding hydrogens is 150 g/mol. The van der Waals surface area contributed by atoms with Gasteiger partial charge in [-0.25, -0.2) is 0 Å². The van der Waals surface area contributed by atoms with Crippen molar-refractivity contribution in [2.75, 3.05) is 7.05 Å². The van der Waals surface area contributed by atoms with E-state index >= 15 is 0 Å². The molecule has 1 saturated heterocycles. The van der Waals surface area contributed by atoms with Crippen molar-refractivity contribution < 1.29 is 0 Å². The van der Waals surface area contributed by atoms with Gasteiger partial charge in [0.1, 0.15) is 5.54 Å². The highest BCUT2D eigenvalue weighted by atomic mass is 15.2. The number of rotatable bonds is 0. The average molecular weight is 167 g/mol. The monoisotopic (exact) mass is 167 g/mol. The van der Waals surface area contributed by atoms with Gasteiger partial charge in [-0.2, -0.15) is 5.26 Å². The number of piperidine rings is 1. The zero-order chi connectivity index (χ0) is 9.35. The lowest BCUT2D eigenvalue weighted by Gasteiger charge is -2.42. The first-order chi connectivity index (χ1) is 5.48. The molecular formula is C9H17N3. The maximum Gasteiger partial charge on any atom is 0.107 e. The summed E-state index contributed by atoms with van der Waals surface area (Å²) in [5, 5.41) is 8.88. The van der Waals surface area contributed by atoms with Crippen LogP contribution in [0.15, 0.2) is 0 Å². The van der Waals surface area contributed by atoms with E-state index in [0.717, 1.165) is 12.8 Å². The lowest BCUT2D eigenvalue weighted by Crippen LogP contribution is -2.55. The molecule has 12 heavy (non-hydrogen) atoms. The molecule has 0 aromatic heterocycles. The van der Waals surface area contributed by atoms with E-state index in [9.17, 15) is 0 Å². The Morgan fingerprint density at radius 1 is 1.42 bits per heavy atom. The van der Waals surface area contributed by atoms with Crippen molar-refractivity contribution in [3.63, 3.8) is 0 Å².